The minimum absolute atomic E-state index is 0.175. The molecule has 0 aliphatic carbocycles. The molecule has 0 bridgehead atoms. The Morgan fingerprint density at radius 1 is 1.40 bits per heavy atom. The average Bonchev–Trinajstić information content (AvgIpc) is 2.61. The van der Waals surface area contributed by atoms with E-state index < -0.39 is 0 Å². The molecule has 2 rings (SSSR count). The molecule has 0 aromatic heterocycles. The van der Waals surface area contributed by atoms with Gasteiger partial charge in [-0.1, -0.05) is 17.7 Å². The fourth-order valence-electron chi connectivity index (χ4n) is 1.87. The molecule has 3 heteroatoms. The predicted octanol–water partition coefficient (Wildman–Crippen LogP) is 2.67. The molecular formula is C12H12ClNO. The first kappa shape index (κ1) is 10.2. The highest BCUT2D eigenvalue weighted by Gasteiger charge is 2.29. The maximum atomic E-state index is 11.5. The van der Waals surface area contributed by atoms with Crippen LogP contribution < -0.4 is 4.90 Å². The van der Waals surface area contributed by atoms with Gasteiger partial charge in [0.1, 0.15) is 6.04 Å². The van der Waals surface area contributed by atoms with Crippen LogP contribution in [0.25, 0.3) is 0 Å². The van der Waals surface area contributed by atoms with Gasteiger partial charge in [-0.2, -0.15) is 0 Å². The van der Waals surface area contributed by atoms with E-state index in [1.807, 2.05) is 29.2 Å². The number of hydrogen-bond acceptors (Lipinski definition) is 2. The lowest BCUT2D eigenvalue weighted by molar-refractivity contribution is -0.117. The molecule has 15 heavy (non-hydrogen) atoms. The van der Waals surface area contributed by atoms with Crippen molar-refractivity contribution in [3.05, 3.63) is 41.9 Å². The number of ketones is 1. The van der Waals surface area contributed by atoms with Gasteiger partial charge in [0.05, 0.1) is 0 Å². The third-order valence-corrected chi connectivity index (χ3v) is 2.90. The van der Waals surface area contributed by atoms with Gasteiger partial charge in [-0.3, -0.25) is 4.79 Å². The van der Waals surface area contributed by atoms with Crippen LogP contribution in [-0.2, 0) is 4.79 Å². The van der Waals surface area contributed by atoms with E-state index in [0.717, 1.165) is 12.2 Å². The van der Waals surface area contributed by atoms with Gasteiger partial charge in [-0.05, 0) is 24.3 Å². The van der Waals surface area contributed by atoms with Gasteiger partial charge in [-0.15, -0.1) is 6.58 Å². The van der Waals surface area contributed by atoms with Crippen molar-refractivity contribution >= 4 is 23.1 Å². The average molecular weight is 222 g/mol. The minimum Gasteiger partial charge on any atom is -0.358 e. The van der Waals surface area contributed by atoms with Gasteiger partial charge in [-0.25, -0.2) is 0 Å². The Balaban J connectivity index is 2.27. The SMILES string of the molecule is C=CC1C(=O)CCN1c1ccc(Cl)cc1. The molecule has 1 unspecified atom stereocenters. The first-order valence-electron chi connectivity index (χ1n) is 4.90. The van der Waals surface area contributed by atoms with Crippen molar-refractivity contribution in [3.8, 4) is 0 Å². The van der Waals surface area contributed by atoms with Crippen LogP contribution in [0.2, 0.25) is 5.02 Å². The van der Waals surface area contributed by atoms with E-state index in [1.54, 1.807) is 6.08 Å². The maximum absolute atomic E-state index is 11.5. The molecular weight excluding hydrogens is 210 g/mol. The van der Waals surface area contributed by atoms with Crippen LogP contribution in [0.15, 0.2) is 36.9 Å². The normalized spacial score (nSPS) is 20.7. The Bertz CT molecular complexity index is 385. The van der Waals surface area contributed by atoms with Gasteiger partial charge >= 0.3 is 0 Å². The Labute approximate surface area is 94.2 Å². The smallest absolute Gasteiger partial charge is 0.160 e. The predicted molar refractivity (Wildman–Crippen MR) is 62.4 cm³/mol. The Hall–Kier alpha value is -1.28. The minimum atomic E-state index is -0.175. The number of hydrogen-bond donors (Lipinski definition) is 0. The molecule has 1 fully saturated rings. The van der Waals surface area contributed by atoms with Crippen LogP contribution in [-0.4, -0.2) is 18.4 Å². The Kier molecular flexibility index (Phi) is 2.78. The molecule has 1 aliphatic rings. The standard InChI is InChI=1S/C12H12ClNO/c1-2-11-12(15)7-8-14(11)10-5-3-9(13)4-6-10/h2-6,11H,1,7-8H2. The highest BCUT2D eigenvalue weighted by Crippen LogP contribution is 2.25. The second-order valence-electron chi connectivity index (χ2n) is 3.57. The molecule has 1 saturated heterocycles. The number of halogens is 1. The number of Topliss-reactive ketones (excluding diaryl/α,β-unsaturated/α-hetero) is 1. The van der Waals surface area contributed by atoms with Crippen molar-refractivity contribution in [2.45, 2.75) is 12.5 Å². The lowest BCUT2D eigenvalue weighted by atomic mass is 10.2. The lowest BCUT2D eigenvalue weighted by Crippen LogP contribution is -2.30. The van der Waals surface area contributed by atoms with Crippen LogP contribution in [0.4, 0.5) is 5.69 Å². The summed E-state index contributed by atoms with van der Waals surface area (Å²) in [6, 6.07) is 7.35. The second-order valence-corrected chi connectivity index (χ2v) is 4.00. The largest absolute Gasteiger partial charge is 0.358 e. The van der Waals surface area contributed by atoms with Crippen molar-refractivity contribution in [2.75, 3.05) is 11.4 Å². The summed E-state index contributed by atoms with van der Waals surface area (Å²) in [5.41, 5.74) is 1.02. The number of rotatable bonds is 2. The van der Waals surface area contributed by atoms with E-state index in [4.69, 9.17) is 11.6 Å². The van der Waals surface area contributed by atoms with Gasteiger partial charge in [0.15, 0.2) is 5.78 Å². The van der Waals surface area contributed by atoms with Gasteiger partial charge in [0.2, 0.25) is 0 Å². The molecule has 1 atom stereocenters. The zero-order valence-corrected chi connectivity index (χ0v) is 9.07. The molecule has 0 amide bonds. The van der Waals surface area contributed by atoms with E-state index in [1.165, 1.54) is 0 Å². The zero-order chi connectivity index (χ0) is 10.8. The Morgan fingerprint density at radius 3 is 2.67 bits per heavy atom. The fraction of sp³-hybridized carbons (Fsp3) is 0.250. The molecule has 0 radical (unpaired) electrons. The van der Waals surface area contributed by atoms with Crippen LogP contribution in [0.1, 0.15) is 6.42 Å². The number of nitrogens with zero attached hydrogens (tertiary/aromatic N) is 1. The first-order valence-corrected chi connectivity index (χ1v) is 5.27. The molecule has 1 heterocycles. The van der Waals surface area contributed by atoms with Crippen LogP contribution in [0.3, 0.4) is 0 Å². The highest BCUT2D eigenvalue weighted by molar-refractivity contribution is 6.30. The third-order valence-electron chi connectivity index (χ3n) is 2.65. The van der Waals surface area contributed by atoms with Crippen molar-refractivity contribution in [3.63, 3.8) is 0 Å². The third kappa shape index (κ3) is 1.90. The van der Waals surface area contributed by atoms with E-state index >= 15 is 0 Å². The van der Waals surface area contributed by atoms with Crippen molar-refractivity contribution in [1.29, 1.82) is 0 Å². The summed E-state index contributed by atoms with van der Waals surface area (Å²) in [6.07, 6.45) is 2.29. The van der Waals surface area contributed by atoms with Crippen molar-refractivity contribution in [2.24, 2.45) is 0 Å². The summed E-state index contributed by atoms with van der Waals surface area (Å²) < 4.78 is 0. The van der Waals surface area contributed by atoms with Crippen LogP contribution >= 0.6 is 11.6 Å². The summed E-state index contributed by atoms with van der Waals surface area (Å²) in [6.45, 7) is 4.46. The maximum Gasteiger partial charge on any atom is 0.160 e. The second kappa shape index (κ2) is 4.07. The molecule has 2 nitrogen and oxygen atoms in total. The number of anilines is 1. The summed E-state index contributed by atoms with van der Waals surface area (Å²) in [5, 5.41) is 0.708. The molecule has 1 aromatic rings. The van der Waals surface area contributed by atoms with Gasteiger partial charge in [0.25, 0.3) is 0 Å². The summed E-state index contributed by atoms with van der Waals surface area (Å²) >= 11 is 5.81. The topological polar surface area (TPSA) is 20.3 Å². The van der Waals surface area contributed by atoms with E-state index in [-0.39, 0.29) is 11.8 Å². The number of benzene rings is 1. The van der Waals surface area contributed by atoms with Gasteiger partial charge < -0.3 is 4.90 Å². The van der Waals surface area contributed by atoms with Crippen LogP contribution in [0, 0.1) is 0 Å². The number of carbonyl (C=O) groups excluding carboxylic acids is 1. The molecule has 78 valence electrons. The van der Waals surface area contributed by atoms with Crippen molar-refractivity contribution in [1.82, 2.24) is 0 Å². The van der Waals surface area contributed by atoms with E-state index in [9.17, 15) is 4.79 Å². The summed E-state index contributed by atoms with van der Waals surface area (Å²) in [7, 11) is 0. The Morgan fingerprint density at radius 2 is 2.07 bits per heavy atom. The molecule has 0 N–H and O–H groups in total. The van der Waals surface area contributed by atoms with Crippen LogP contribution in [0.5, 0.6) is 0 Å². The number of carbonyl (C=O) groups is 1. The van der Waals surface area contributed by atoms with E-state index in [0.29, 0.717) is 11.4 Å². The first-order chi connectivity index (χ1) is 7.22. The van der Waals surface area contributed by atoms with Gasteiger partial charge in [0, 0.05) is 23.7 Å². The quantitative estimate of drug-likeness (QED) is 0.716. The monoisotopic (exact) mass is 221 g/mol. The van der Waals surface area contributed by atoms with Crippen molar-refractivity contribution < 1.29 is 4.79 Å². The zero-order valence-electron chi connectivity index (χ0n) is 8.32. The molecule has 0 saturated carbocycles. The summed E-state index contributed by atoms with van der Waals surface area (Å²) in [4.78, 5) is 13.6. The molecule has 1 aromatic carbocycles. The molecule has 1 aliphatic heterocycles. The summed E-state index contributed by atoms with van der Waals surface area (Å²) in [5.74, 6) is 0.236. The van der Waals surface area contributed by atoms with E-state index in [2.05, 4.69) is 6.58 Å². The fourth-order valence-corrected chi connectivity index (χ4v) is 2.00. The molecule has 0 spiro atoms. The lowest BCUT2D eigenvalue weighted by Gasteiger charge is -2.22. The highest BCUT2D eigenvalue weighted by atomic mass is 35.5.